The van der Waals surface area contributed by atoms with Crippen LogP contribution in [0.25, 0.3) is 0 Å². The Bertz CT molecular complexity index is 618. The van der Waals surface area contributed by atoms with E-state index in [-0.39, 0.29) is 5.91 Å². The summed E-state index contributed by atoms with van der Waals surface area (Å²) in [6.07, 6.45) is 0.329. The van der Waals surface area contributed by atoms with Gasteiger partial charge in [0.2, 0.25) is 5.91 Å². The number of hydrogen-bond donors (Lipinski definition) is 1. The fraction of sp³-hybridized carbons (Fsp3) is 0.316. The summed E-state index contributed by atoms with van der Waals surface area (Å²) in [7, 11) is 1.62. The van der Waals surface area contributed by atoms with Crippen LogP contribution in [0.5, 0.6) is 11.5 Å². The first kappa shape index (κ1) is 16.9. The minimum atomic E-state index is -0.0500. The number of nitrogens with one attached hydrogen (secondary N) is 1. The van der Waals surface area contributed by atoms with Crippen LogP contribution in [0.15, 0.2) is 48.5 Å². The van der Waals surface area contributed by atoms with E-state index in [2.05, 4.69) is 19.2 Å². The number of carbonyl (C=O) groups is 1. The summed E-state index contributed by atoms with van der Waals surface area (Å²) in [5.41, 5.74) is 1.71. The van der Waals surface area contributed by atoms with E-state index in [1.807, 2.05) is 48.5 Å². The highest BCUT2D eigenvalue weighted by Crippen LogP contribution is 2.17. The Hall–Kier alpha value is -2.49. The second-order valence-electron chi connectivity index (χ2n) is 5.80. The minimum absolute atomic E-state index is 0.0500. The van der Waals surface area contributed by atoms with Gasteiger partial charge < -0.3 is 14.8 Å². The summed E-state index contributed by atoms with van der Waals surface area (Å²) in [5, 5.41) is 2.89. The van der Waals surface area contributed by atoms with Crippen LogP contribution < -0.4 is 14.8 Å². The number of anilines is 1. The SMILES string of the molecule is COc1ccc(CC(=O)Nc2ccc(OCC(C)C)cc2)cc1. The zero-order chi connectivity index (χ0) is 16.7. The summed E-state index contributed by atoms with van der Waals surface area (Å²) in [4.78, 5) is 12.1. The van der Waals surface area contributed by atoms with Gasteiger partial charge in [-0.1, -0.05) is 26.0 Å². The number of methoxy groups -OCH3 is 1. The van der Waals surface area contributed by atoms with Crippen molar-refractivity contribution in [1.82, 2.24) is 0 Å². The molecule has 0 saturated carbocycles. The quantitative estimate of drug-likeness (QED) is 0.843. The molecular weight excluding hydrogens is 290 g/mol. The lowest BCUT2D eigenvalue weighted by molar-refractivity contribution is -0.115. The first-order valence-corrected chi connectivity index (χ1v) is 7.72. The zero-order valence-electron chi connectivity index (χ0n) is 13.8. The molecule has 4 nitrogen and oxygen atoms in total. The zero-order valence-corrected chi connectivity index (χ0v) is 13.8. The van der Waals surface area contributed by atoms with Gasteiger partial charge in [0.1, 0.15) is 11.5 Å². The number of amides is 1. The van der Waals surface area contributed by atoms with E-state index in [0.717, 1.165) is 22.7 Å². The maximum atomic E-state index is 12.1. The molecule has 2 aromatic carbocycles. The molecule has 0 radical (unpaired) electrons. The predicted octanol–water partition coefficient (Wildman–Crippen LogP) is 3.91. The maximum absolute atomic E-state index is 12.1. The van der Waals surface area contributed by atoms with Gasteiger partial charge in [-0.2, -0.15) is 0 Å². The number of carbonyl (C=O) groups excluding carboxylic acids is 1. The molecule has 2 rings (SSSR count). The molecule has 23 heavy (non-hydrogen) atoms. The number of rotatable bonds is 7. The summed E-state index contributed by atoms with van der Waals surface area (Å²) in [5.74, 6) is 2.03. The molecule has 0 saturated heterocycles. The average molecular weight is 313 g/mol. The molecule has 0 bridgehead atoms. The molecule has 0 heterocycles. The van der Waals surface area contributed by atoms with E-state index in [4.69, 9.17) is 9.47 Å². The van der Waals surface area contributed by atoms with Crippen molar-refractivity contribution in [2.45, 2.75) is 20.3 Å². The molecule has 0 aliphatic carbocycles. The van der Waals surface area contributed by atoms with Crippen LogP contribution in [0.2, 0.25) is 0 Å². The van der Waals surface area contributed by atoms with E-state index in [9.17, 15) is 4.79 Å². The van der Waals surface area contributed by atoms with Crippen LogP contribution in [-0.4, -0.2) is 19.6 Å². The molecule has 2 aromatic rings. The van der Waals surface area contributed by atoms with Gasteiger partial charge in [0.25, 0.3) is 0 Å². The monoisotopic (exact) mass is 313 g/mol. The summed E-state index contributed by atoms with van der Waals surface area (Å²) in [6, 6.07) is 14.9. The van der Waals surface area contributed by atoms with Gasteiger partial charge in [0.05, 0.1) is 20.1 Å². The van der Waals surface area contributed by atoms with Crippen LogP contribution in [0.4, 0.5) is 5.69 Å². The van der Waals surface area contributed by atoms with E-state index in [0.29, 0.717) is 18.9 Å². The van der Waals surface area contributed by atoms with Crippen molar-refractivity contribution in [3.63, 3.8) is 0 Å². The standard InChI is InChI=1S/C19H23NO3/c1-14(2)13-23-18-10-6-16(7-11-18)20-19(21)12-15-4-8-17(22-3)9-5-15/h4-11,14H,12-13H2,1-3H3,(H,20,21). The Kier molecular flexibility index (Phi) is 6.03. The largest absolute Gasteiger partial charge is 0.497 e. The molecule has 0 atom stereocenters. The Morgan fingerprint density at radius 1 is 1.00 bits per heavy atom. The topological polar surface area (TPSA) is 47.6 Å². The normalized spacial score (nSPS) is 10.4. The maximum Gasteiger partial charge on any atom is 0.228 e. The van der Waals surface area contributed by atoms with Gasteiger partial charge in [-0.05, 0) is 47.9 Å². The van der Waals surface area contributed by atoms with Gasteiger partial charge in [0, 0.05) is 5.69 Å². The van der Waals surface area contributed by atoms with Gasteiger partial charge in [0.15, 0.2) is 0 Å². The van der Waals surface area contributed by atoms with Gasteiger partial charge >= 0.3 is 0 Å². The van der Waals surface area contributed by atoms with Crippen molar-refractivity contribution in [3.8, 4) is 11.5 Å². The summed E-state index contributed by atoms with van der Waals surface area (Å²) >= 11 is 0. The van der Waals surface area contributed by atoms with Crippen LogP contribution in [0.3, 0.4) is 0 Å². The van der Waals surface area contributed by atoms with Crippen molar-refractivity contribution >= 4 is 11.6 Å². The van der Waals surface area contributed by atoms with E-state index in [1.54, 1.807) is 7.11 Å². The Balaban J connectivity index is 1.86. The molecule has 4 heteroatoms. The lowest BCUT2D eigenvalue weighted by Crippen LogP contribution is -2.14. The molecule has 0 aliphatic rings. The molecule has 0 spiro atoms. The van der Waals surface area contributed by atoms with E-state index < -0.39 is 0 Å². The van der Waals surface area contributed by atoms with E-state index in [1.165, 1.54) is 0 Å². The molecule has 0 fully saturated rings. The third-order valence-corrected chi connectivity index (χ3v) is 3.25. The minimum Gasteiger partial charge on any atom is -0.497 e. The average Bonchev–Trinajstić information content (AvgIpc) is 2.55. The van der Waals surface area contributed by atoms with Crippen LogP contribution in [0, 0.1) is 5.92 Å². The molecule has 0 aliphatic heterocycles. The van der Waals surface area contributed by atoms with Crippen molar-refractivity contribution < 1.29 is 14.3 Å². The van der Waals surface area contributed by atoms with Gasteiger partial charge in [-0.3, -0.25) is 4.79 Å². The molecular formula is C19H23NO3. The number of hydrogen-bond acceptors (Lipinski definition) is 3. The van der Waals surface area contributed by atoms with Crippen LogP contribution >= 0.6 is 0 Å². The number of ether oxygens (including phenoxy) is 2. The predicted molar refractivity (Wildman–Crippen MR) is 92.1 cm³/mol. The van der Waals surface area contributed by atoms with Crippen molar-refractivity contribution in [3.05, 3.63) is 54.1 Å². The van der Waals surface area contributed by atoms with E-state index >= 15 is 0 Å². The van der Waals surface area contributed by atoms with Crippen molar-refractivity contribution in [2.75, 3.05) is 19.0 Å². The Morgan fingerprint density at radius 3 is 2.17 bits per heavy atom. The molecule has 0 aromatic heterocycles. The Labute approximate surface area is 137 Å². The number of benzene rings is 2. The van der Waals surface area contributed by atoms with Crippen LogP contribution in [-0.2, 0) is 11.2 Å². The summed E-state index contributed by atoms with van der Waals surface area (Å²) in [6.45, 7) is 4.89. The van der Waals surface area contributed by atoms with Gasteiger partial charge in [-0.25, -0.2) is 0 Å². The second kappa shape index (κ2) is 8.22. The highest BCUT2D eigenvalue weighted by atomic mass is 16.5. The lowest BCUT2D eigenvalue weighted by atomic mass is 10.1. The van der Waals surface area contributed by atoms with Crippen LogP contribution in [0.1, 0.15) is 19.4 Å². The molecule has 1 amide bonds. The fourth-order valence-corrected chi connectivity index (χ4v) is 2.03. The first-order valence-electron chi connectivity index (χ1n) is 7.72. The third-order valence-electron chi connectivity index (χ3n) is 3.25. The summed E-state index contributed by atoms with van der Waals surface area (Å²) < 4.78 is 10.7. The smallest absolute Gasteiger partial charge is 0.228 e. The van der Waals surface area contributed by atoms with Gasteiger partial charge in [-0.15, -0.1) is 0 Å². The van der Waals surface area contributed by atoms with Crippen molar-refractivity contribution in [1.29, 1.82) is 0 Å². The molecule has 0 unspecified atom stereocenters. The fourth-order valence-electron chi connectivity index (χ4n) is 2.03. The highest BCUT2D eigenvalue weighted by Gasteiger charge is 2.05. The second-order valence-corrected chi connectivity index (χ2v) is 5.80. The Morgan fingerprint density at radius 2 is 1.61 bits per heavy atom. The third kappa shape index (κ3) is 5.66. The highest BCUT2D eigenvalue weighted by molar-refractivity contribution is 5.92. The molecule has 1 N–H and O–H groups in total. The first-order chi connectivity index (χ1) is 11.1. The van der Waals surface area contributed by atoms with Crippen molar-refractivity contribution in [2.24, 2.45) is 5.92 Å². The lowest BCUT2D eigenvalue weighted by Gasteiger charge is -2.10. The molecule has 122 valence electrons.